The second-order valence-corrected chi connectivity index (χ2v) is 6.59. The molecule has 2 atom stereocenters. The van der Waals surface area contributed by atoms with Crippen LogP contribution >= 0.6 is 0 Å². The van der Waals surface area contributed by atoms with E-state index in [1.807, 2.05) is 0 Å². The minimum atomic E-state index is 0.755. The Balaban J connectivity index is 1.67. The maximum absolute atomic E-state index is 3.74. The quantitative estimate of drug-likeness (QED) is 0.853. The summed E-state index contributed by atoms with van der Waals surface area (Å²) < 4.78 is 0. The molecule has 0 aliphatic heterocycles. The van der Waals surface area contributed by atoms with Crippen LogP contribution in [0.4, 0.5) is 0 Å². The average Bonchev–Trinajstić information content (AvgIpc) is 2.41. The molecule has 1 aliphatic carbocycles. The van der Waals surface area contributed by atoms with Crippen LogP contribution < -0.4 is 5.32 Å². The Morgan fingerprint density at radius 3 is 2.80 bits per heavy atom. The largest absolute Gasteiger partial charge is 0.313 e. The van der Waals surface area contributed by atoms with Crippen molar-refractivity contribution in [3.8, 4) is 0 Å². The van der Waals surface area contributed by atoms with Gasteiger partial charge in [0.1, 0.15) is 0 Å². The summed E-state index contributed by atoms with van der Waals surface area (Å²) in [7, 11) is 2.22. The highest BCUT2D eigenvalue weighted by molar-refractivity contribution is 5.25. The Morgan fingerprint density at radius 2 is 2.05 bits per heavy atom. The third kappa shape index (κ3) is 4.92. The molecule has 1 aromatic rings. The number of nitrogens with zero attached hydrogens (tertiary/aromatic N) is 1. The predicted octanol–water partition coefficient (Wildman–Crippen LogP) is 3.60. The molecule has 0 saturated heterocycles. The standard InChI is InChI=1S/C18H30N2/c1-15-7-6-10-18(13-15)19-11-12-20(3)14-17-9-5-4-8-16(17)2/h4-5,8-9,15,18-19H,6-7,10-14H2,1-3H3. The normalized spacial score (nSPS) is 23.2. The number of nitrogens with one attached hydrogen (secondary N) is 1. The number of hydrogen-bond donors (Lipinski definition) is 1. The monoisotopic (exact) mass is 274 g/mol. The molecule has 0 spiro atoms. The van der Waals surface area contributed by atoms with E-state index in [0.717, 1.165) is 31.6 Å². The molecule has 0 aromatic heterocycles. The van der Waals surface area contributed by atoms with E-state index in [0.29, 0.717) is 0 Å². The van der Waals surface area contributed by atoms with Crippen LogP contribution in [-0.4, -0.2) is 31.1 Å². The van der Waals surface area contributed by atoms with Gasteiger partial charge in [0.15, 0.2) is 0 Å². The molecule has 2 nitrogen and oxygen atoms in total. The average molecular weight is 274 g/mol. The van der Waals surface area contributed by atoms with Crippen LogP contribution in [0.15, 0.2) is 24.3 Å². The summed E-state index contributed by atoms with van der Waals surface area (Å²) in [6, 6.07) is 9.45. The van der Waals surface area contributed by atoms with Gasteiger partial charge in [0.25, 0.3) is 0 Å². The first-order chi connectivity index (χ1) is 9.65. The van der Waals surface area contributed by atoms with Gasteiger partial charge in [-0.1, -0.05) is 44.0 Å². The van der Waals surface area contributed by atoms with E-state index in [4.69, 9.17) is 0 Å². The fourth-order valence-electron chi connectivity index (χ4n) is 3.24. The summed E-state index contributed by atoms with van der Waals surface area (Å²) in [6.07, 6.45) is 5.55. The number of aryl methyl sites for hydroxylation is 1. The van der Waals surface area contributed by atoms with Gasteiger partial charge in [-0.05, 0) is 43.9 Å². The van der Waals surface area contributed by atoms with Gasteiger partial charge in [0.05, 0.1) is 0 Å². The Kier molecular flexibility index (Phi) is 6.06. The molecule has 20 heavy (non-hydrogen) atoms. The van der Waals surface area contributed by atoms with Gasteiger partial charge in [0.2, 0.25) is 0 Å². The molecule has 2 heteroatoms. The minimum Gasteiger partial charge on any atom is -0.313 e. The van der Waals surface area contributed by atoms with E-state index in [-0.39, 0.29) is 0 Å². The molecular formula is C18H30N2. The van der Waals surface area contributed by atoms with Gasteiger partial charge in [-0.3, -0.25) is 0 Å². The first-order valence-corrected chi connectivity index (χ1v) is 8.11. The lowest BCUT2D eigenvalue weighted by atomic mass is 9.87. The molecule has 0 amide bonds. The third-order valence-electron chi connectivity index (χ3n) is 4.56. The lowest BCUT2D eigenvalue weighted by Crippen LogP contribution is -2.38. The highest BCUT2D eigenvalue weighted by Crippen LogP contribution is 2.23. The van der Waals surface area contributed by atoms with Crippen molar-refractivity contribution in [3.05, 3.63) is 35.4 Å². The highest BCUT2D eigenvalue weighted by Gasteiger charge is 2.17. The number of benzene rings is 1. The van der Waals surface area contributed by atoms with E-state index in [1.165, 1.54) is 36.8 Å². The van der Waals surface area contributed by atoms with Gasteiger partial charge >= 0.3 is 0 Å². The van der Waals surface area contributed by atoms with E-state index in [2.05, 4.69) is 55.4 Å². The Hall–Kier alpha value is -0.860. The minimum absolute atomic E-state index is 0.755. The predicted molar refractivity (Wildman–Crippen MR) is 86.9 cm³/mol. The van der Waals surface area contributed by atoms with E-state index >= 15 is 0 Å². The maximum Gasteiger partial charge on any atom is 0.0233 e. The smallest absolute Gasteiger partial charge is 0.0233 e. The van der Waals surface area contributed by atoms with E-state index in [1.54, 1.807) is 0 Å². The summed E-state index contributed by atoms with van der Waals surface area (Å²) in [5, 5.41) is 3.74. The lowest BCUT2D eigenvalue weighted by molar-refractivity contribution is 0.274. The Bertz CT molecular complexity index is 402. The molecule has 2 rings (SSSR count). The van der Waals surface area contributed by atoms with Crippen molar-refractivity contribution >= 4 is 0 Å². The third-order valence-corrected chi connectivity index (χ3v) is 4.56. The zero-order valence-corrected chi connectivity index (χ0v) is 13.4. The summed E-state index contributed by atoms with van der Waals surface area (Å²) in [6.45, 7) is 7.87. The molecule has 1 aromatic carbocycles. The van der Waals surface area contributed by atoms with Crippen LogP contribution in [0, 0.1) is 12.8 Å². The molecule has 0 bridgehead atoms. The fraction of sp³-hybridized carbons (Fsp3) is 0.667. The number of rotatable bonds is 6. The van der Waals surface area contributed by atoms with Crippen molar-refractivity contribution < 1.29 is 0 Å². The van der Waals surface area contributed by atoms with Crippen LogP contribution in [0.5, 0.6) is 0 Å². The van der Waals surface area contributed by atoms with E-state index < -0.39 is 0 Å². The van der Waals surface area contributed by atoms with Crippen LogP contribution in [-0.2, 0) is 6.54 Å². The highest BCUT2D eigenvalue weighted by atomic mass is 15.1. The summed E-state index contributed by atoms with van der Waals surface area (Å²) in [4.78, 5) is 2.42. The number of likely N-dealkylation sites (N-methyl/N-ethyl adjacent to an activating group) is 1. The lowest BCUT2D eigenvalue weighted by Gasteiger charge is -2.28. The fourth-order valence-corrected chi connectivity index (χ4v) is 3.24. The molecular weight excluding hydrogens is 244 g/mol. The van der Waals surface area contributed by atoms with E-state index in [9.17, 15) is 0 Å². The topological polar surface area (TPSA) is 15.3 Å². The molecule has 1 saturated carbocycles. The molecule has 1 fully saturated rings. The van der Waals surface area contributed by atoms with Crippen molar-refractivity contribution in [3.63, 3.8) is 0 Å². The van der Waals surface area contributed by atoms with Crippen LogP contribution in [0.3, 0.4) is 0 Å². The van der Waals surface area contributed by atoms with Crippen LogP contribution in [0.2, 0.25) is 0 Å². The van der Waals surface area contributed by atoms with Crippen molar-refractivity contribution in [2.75, 3.05) is 20.1 Å². The summed E-state index contributed by atoms with van der Waals surface area (Å²) in [5.74, 6) is 0.908. The number of hydrogen-bond acceptors (Lipinski definition) is 2. The summed E-state index contributed by atoms with van der Waals surface area (Å²) in [5.41, 5.74) is 2.84. The van der Waals surface area contributed by atoms with Gasteiger partial charge in [-0.2, -0.15) is 0 Å². The van der Waals surface area contributed by atoms with Crippen molar-refractivity contribution in [1.82, 2.24) is 10.2 Å². The zero-order valence-electron chi connectivity index (χ0n) is 13.4. The van der Waals surface area contributed by atoms with Crippen molar-refractivity contribution in [2.24, 2.45) is 5.92 Å². The van der Waals surface area contributed by atoms with Gasteiger partial charge < -0.3 is 10.2 Å². The first-order valence-electron chi connectivity index (χ1n) is 8.11. The maximum atomic E-state index is 3.74. The summed E-state index contributed by atoms with van der Waals surface area (Å²) >= 11 is 0. The Labute approximate surface area is 124 Å². The van der Waals surface area contributed by atoms with Gasteiger partial charge in [-0.15, -0.1) is 0 Å². The Morgan fingerprint density at radius 1 is 1.25 bits per heavy atom. The zero-order chi connectivity index (χ0) is 14.4. The molecule has 0 radical (unpaired) electrons. The van der Waals surface area contributed by atoms with Crippen molar-refractivity contribution in [2.45, 2.75) is 52.1 Å². The second-order valence-electron chi connectivity index (χ2n) is 6.59. The second kappa shape index (κ2) is 7.80. The molecule has 112 valence electrons. The molecule has 1 aliphatic rings. The van der Waals surface area contributed by atoms with Crippen LogP contribution in [0.1, 0.15) is 43.7 Å². The first kappa shape index (κ1) is 15.5. The SMILES string of the molecule is Cc1ccccc1CN(C)CCNC1CCCC(C)C1. The molecule has 2 unspecified atom stereocenters. The van der Waals surface area contributed by atoms with Crippen molar-refractivity contribution in [1.29, 1.82) is 0 Å². The molecule has 1 N–H and O–H groups in total. The molecule has 0 heterocycles. The van der Waals surface area contributed by atoms with Gasteiger partial charge in [-0.25, -0.2) is 0 Å². The van der Waals surface area contributed by atoms with Crippen LogP contribution in [0.25, 0.3) is 0 Å². The van der Waals surface area contributed by atoms with Gasteiger partial charge in [0, 0.05) is 25.7 Å².